The number of esters is 1. The maximum Gasteiger partial charge on any atom is 0.374 e. The van der Waals surface area contributed by atoms with E-state index in [0.717, 1.165) is 22.3 Å². The Balaban J connectivity index is 1.93. The zero-order valence-electron chi connectivity index (χ0n) is 13.9. The highest BCUT2D eigenvalue weighted by molar-refractivity contribution is 6.31. The van der Waals surface area contributed by atoms with Crippen molar-refractivity contribution in [2.24, 2.45) is 0 Å². The molecule has 5 heteroatoms. The van der Waals surface area contributed by atoms with Crippen LogP contribution < -0.4 is 0 Å². The Bertz CT molecular complexity index is 873. The average Bonchev–Trinajstić information content (AvgIpc) is 3.14. The standard InChI is InChI=1S/C19H19ClO4/c1-4-22-19(21)16-6-5-15(23-16)9-12-7-14(20)8-13-10-17(11(2)3)24-18(12)13/h5-8,10-11H,4,9H2,1-3H3. The number of rotatable bonds is 5. The summed E-state index contributed by atoms with van der Waals surface area (Å²) in [7, 11) is 0. The SMILES string of the molecule is CCOC(=O)c1ccc(Cc2cc(Cl)cc3cc(C(C)C)oc23)o1. The van der Waals surface area contributed by atoms with Crippen LogP contribution in [0.5, 0.6) is 0 Å². The Hall–Kier alpha value is -2.20. The van der Waals surface area contributed by atoms with Gasteiger partial charge in [-0.05, 0) is 37.3 Å². The highest BCUT2D eigenvalue weighted by Gasteiger charge is 2.16. The highest BCUT2D eigenvalue weighted by Crippen LogP contribution is 2.31. The molecule has 0 radical (unpaired) electrons. The fourth-order valence-corrected chi connectivity index (χ4v) is 2.84. The van der Waals surface area contributed by atoms with Crippen LogP contribution >= 0.6 is 11.6 Å². The molecule has 0 aliphatic rings. The van der Waals surface area contributed by atoms with Crippen molar-refractivity contribution < 1.29 is 18.4 Å². The molecule has 2 aromatic heterocycles. The number of fused-ring (bicyclic) bond motifs is 1. The van der Waals surface area contributed by atoms with Gasteiger partial charge in [-0.3, -0.25) is 0 Å². The highest BCUT2D eigenvalue weighted by atomic mass is 35.5. The van der Waals surface area contributed by atoms with Crippen LogP contribution in [0.2, 0.25) is 5.02 Å². The topological polar surface area (TPSA) is 52.6 Å². The lowest BCUT2D eigenvalue weighted by molar-refractivity contribution is 0.0488. The van der Waals surface area contributed by atoms with Gasteiger partial charge >= 0.3 is 5.97 Å². The number of carbonyl (C=O) groups excluding carboxylic acids is 1. The molecule has 0 atom stereocenters. The fourth-order valence-electron chi connectivity index (χ4n) is 2.59. The van der Waals surface area contributed by atoms with Gasteiger partial charge in [0.2, 0.25) is 5.76 Å². The lowest BCUT2D eigenvalue weighted by atomic mass is 10.1. The van der Waals surface area contributed by atoms with Crippen LogP contribution in [0.15, 0.2) is 39.2 Å². The summed E-state index contributed by atoms with van der Waals surface area (Å²) in [5, 5.41) is 1.61. The van der Waals surface area contributed by atoms with E-state index in [9.17, 15) is 4.79 Å². The second-order valence-corrected chi connectivity index (χ2v) is 6.39. The van der Waals surface area contributed by atoms with Crippen molar-refractivity contribution in [3.8, 4) is 0 Å². The molecular formula is C19H19ClO4. The van der Waals surface area contributed by atoms with Gasteiger partial charge in [-0.1, -0.05) is 25.4 Å². The number of benzene rings is 1. The monoisotopic (exact) mass is 346 g/mol. The molecule has 2 heterocycles. The smallest absolute Gasteiger partial charge is 0.374 e. The van der Waals surface area contributed by atoms with Gasteiger partial charge in [-0.25, -0.2) is 4.79 Å². The zero-order valence-corrected chi connectivity index (χ0v) is 14.6. The normalized spacial score (nSPS) is 11.4. The van der Waals surface area contributed by atoms with Crippen molar-refractivity contribution in [3.05, 3.63) is 58.2 Å². The molecule has 0 aliphatic carbocycles. The Morgan fingerprint density at radius 1 is 1.21 bits per heavy atom. The third kappa shape index (κ3) is 3.34. The van der Waals surface area contributed by atoms with Crippen molar-refractivity contribution >= 4 is 28.5 Å². The summed E-state index contributed by atoms with van der Waals surface area (Å²) >= 11 is 6.23. The lowest BCUT2D eigenvalue weighted by Crippen LogP contribution is -2.02. The first-order valence-electron chi connectivity index (χ1n) is 7.95. The van der Waals surface area contributed by atoms with E-state index in [2.05, 4.69) is 13.8 Å². The predicted molar refractivity (Wildman–Crippen MR) is 92.8 cm³/mol. The number of hydrogen-bond donors (Lipinski definition) is 0. The van der Waals surface area contributed by atoms with E-state index in [4.69, 9.17) is 25.2 Å². The van der Waals surface area contributed by atoms with Gasteiger partial charge in [0.05, 0.1) is 6.61 Å². The minimum absolute atomic E-state index is 0.201. The molecule has 0 amide bonds. The second kappa shape index (κ2) is 6.73. The van der Waals surface area contributed by atoms with Crippen molar-refractivity contribution in [2.75, 3.05) is 6.61 Å². The Morgan fingerprint density at radius 2 is 2.00 bits per heavy atom. The number of hydrogen-bond acceptors (Lipinski definition) is 4. The number of carbonyl (C=O) groups is 1. The minimum Gasteiger partial charge on any atom is -0.461 e. The van der Waals surface area contributed by atoms with Gasteiger partial charge < -0.3 is 13.6 Å². The summed E-state index contributed by atoms with van der Waals surface area (Å²) in [5.74, 6) is 1.61. The van der Waals surface area contributed by atoms with Gasteiger partial charge in [-0.2, -0.15) is 0 Å². The van der Waals surface area contributed by atoms with E-state index in [1.54, 1.807) is 19.1 Å². The van der Waals surface area contributed by atoms with Crippen LogP contribution in [-0.4, -0.2) is 12.6 Å². The molecule has 0 spiro atoms. The first kappa shape index (κ1) is 16.7. The van der Waals surface area contributed by atoms with Crippen LogP contribution in [0.4, 0.5) is 0 Å². The molecule has 0 unspecified atom stereocenters. The Labute approximate surface area is 145 Å². The molecule has 0 aliphatic heterocycles. The molecule has 0 bridgehead atoms. The molecular weight excluding hydrogens is 328 g/mol. The summed E-state index contributed by atoms with van der Waals surface area (Å²) in [6.07, 6.45) is 0.488. The third-order valence-electron chi connectivity index (χ3n) is 3.75. The van der Waals surface area contributed by atoms with Gasteiger partial charge in [0.25, 0.3) is 0 Å². The van der Waals surface area contributed by atoms with E-state index >= 15 is 0 Å². The maximum atomic E-state index is 11.7. The van der Waals surface area contributed by atoms with Crippen LogP contribution in [0.25, 0.3) is 11.0 Å². The van der Waals surface area contributed by atoms with Crippen LogP contribution in [-0.2, 0) is 11.2 Å². The lowest BCUT2D eigenvalue weighted by Gasteiger charge is -2.02. The van der Waals surface area contributed by atoms with Gasteiger partial charge in [0.15, 0.2) is 0 Å². The summed E-state index contributed by atoms with van der Waals surface area (Å²) in [6.45, 7) is 6.23. The van der Waals surface area contributed by atoms with Gasteiger partial charge in [0, 0.05) is 28.3 Å². The predicted octanol–water partition coefficient (Wildman–Crippen LogP) is 5.57. The third-order valence-corrected chi connectivity index (χ3v) is 3.97. The van der Waals surface area contributed by atoms with E-state index in [1.807, 2.05) is 18.2 Å². The number of halogens is 1. The molecule has 4 nitrogen and oxygen atoms in total. The summed E-state index contributed by atoms with van der Waals surface area (Å²) in [6, 6.07) is 9.16. The molecule has 0 saturated carbocycles. The summed E-state index contributed by atoms with van der Waals surface area (Å²) < 4.78 is 16.5. The molecule has 24 heavy (non-hydrogen) atoms. The average molecular weight is 347 g/mol. The summed E-state index contributed by atoms with van der Waals surface area (Å²) in [5.41, 5.74) is 1.73. The molecule has 0 fully saturated rings. The molecule has 3 aromatic rings. The van der Waals surface area contributed by atoms with E-state index < -0.39 is 5.97 Å². The van der Waals surface area contributed by atoms with Gasteiger partial charge in [0.1, 0.15) is 17.1 Å². The molecule has 0 saturated heterocycles. The van der Waals surface area contributed by atoms with Crippen molar-refractivity contribution in [3.63, 3.8) is 0 Å². The molecule has 0 N–H and O–H groups in total. The fraction of sp³-hybridized carbons (Fsp3) is 0.316. The first-order chi connectivity index (χ1) is 11.5. The van der Waals surface area contributed by atoms with E-state index in [-0.39, 0.29) is 5.76 Å². The van der Waals surface area contributed by atoms with Crippen LogP contribution in [0.3, 0.4) is 0 Å². The van der Waals surface area contributed by atoms with Crippen molar-refractivity contribution in [2.45, 2.75) is 33.1 Å². The van der Waals surface area contributed by atoms with E-state index in [1.165, 1.54) is 0 Å². The Morgan fingerprint density at radius 3 is 2.71 bits per heavy atom. The van der Waals surface area contributed by atoms with E-state index in [0.29, 0.717) is 29.7 Å². The van der Waals surface area contributed by atoms with Crippen molar-refractivity contribution in [1.29, 1.82) is 0 Å². The quantitative estimate of drug-likeness (QED) is 0.567. The van der Waals surface area contributed by atoms with Crippen LogP contribution in [0.1, 0.15) is 54.3 Å². The number of ether oxygens (including phenoxy) is 1. The molecule has 3 rings (SSSR count). The van der Waals surface area contributed by atoms with Crippen molar-refractivity contribution in [1.82, 2.24) is 0 Å². The first-order valence-corrected chi connectivity index (χ1v) is 8.33. The maximum absolute atomic E-state index is 11.7. The largest absolute Gasteiger partial charge is 0.461 e. The molecule has 1 aromatic carbocycles. The molecule has 126 valence electrons. The zero-order chi connectivity index (χ0) is 17.3. The second-order valence-electron chi connectivity index (χ2n) is 5.95. The summed E-state index contributed by atoms with van der Waals surface area (Å²) in [4.78, 5) is 11.7. The van der Waals surface area contributed by atoms with Crippen LogP contribution in [0, 0.1) is 0 Å². The number of furan rings is 2. The minimum atomic E-state index is -0.458. The van der Waals surface area contributed by atoms with Gasteiger partial charge in [-0.15, -0.1) is 0 Å². The Kier molecular flexibility index (Phi) is 4.67.